The Hall–Kier alpha value is -0.830. The van der Waals surface area contributed by atoms with Gasteiger partial charge < -0.3 is 10.5 Å². The normalized spacial score (nSPS) is 13.5. The molecule has 0 aromatic heterocycles. The van der Waals surface area contributed by atoms with Crippen LogP contribution in [0.3, 0.4) is 0 Å². The Morgan fingerprint density at radius 1 is 1.62 bits per heavy atom. The Bertz CT molecular complexity index is 182. The lowest BCUT2D eigenvalue weighted by molar-refractivity contribution is -0.156. The summed E-state index contributed by atoms with van der Waals surface area (Å²) in [6.45, 7) is 9.03. The molecule has 0 aliphatic carbocycles. The number of ether oxygens (including phenoxy) is 1. The maximum Gasteiger partial charge on any atom is 0.323 e. The molecule has 0 bridgehead atoms. The highest BCUT2D eigenvalue weighted by Crippen LogP contribution is 2.09. The van der Waals surface area contributed by atoms with Crippen LogP contribution in [0.5, 0.6) is 0 Å². The molecule has 0 saturated carbocycles. The summed E-state index contributed by atoms with van der Waals surface area (Å²) in [6.07, 6.45) is 3.07. The van der Waals surface area contributed by atoms with Crippen LogP contribution in [0.4, 0.5) is 0 Å². The Labute approximate surface area is 79.9 Å². The van der Waals surface area contributed by atoms with Gasteiger partial charge in [-0.15, -0.1) is 6.58 Å². The van der Waals surface area contributed by atoms with Crippen LogP contribution < -0.4 is 5.73 Å². The predicted octanol–water partition coefficient (Wildman–Crippen LogP) is 1.62. The first kappa shape index (κ1) is 12.2. The molecule has 0 aromatic rings. The summed E-state index contributed by atoms with van der Waals surface area (Å²) in [5.41, 5.74) is 5.13. The number of allylic oxidation sites excluding steroid dienone is 1. The molecule has 0 fully saturated rings. The van der Waals surface area contributed by atoms with E-state index in [0.29, 0.717) is 6.42 Å². The summed E-state index contributed by atoms with van der Waals surface area (Å²) in [7, 11) is 0. The molecule has 3 nitrogen and oxygen atoms in total. The molecule has 13 heavy (non-hydrogen) atoms. The van der Waals surface area contributed by atoms with Crippen LogP contribution in [-0.2, 0) is 9.53 Å². The van der Waals surface area contributed by atoms with Crippen LogP contribution in [0, 0.1) is 0 Å². The minimum atomic E-state index is -0.530. The summed E-state index contributed by atoms with van der Waals surface area (Å²) in [5.74, 6) is -0.339. The third-order valence-electron chi connectivity index (χ3n) is 1.39. The molecule has 0 spiro atoms. The molecule has 0 aliphatic heterocycles. The second kappa shape index (κ2) is 5.02. The number of carbonyl (C=O) groups excluding carboxylic acids is 1. The van der Waals surface area contributed by atoms with Crippen molar-refractivity contribution < 1.29 is 9.53 Å². The molecule has 0 radical (unpaired) electrons. The van der Waals surface area contributed by atoms with Gasteiger partial charge in [-0.3, -0.25) is 4.79 Å². The SMILES string of the molecule is C=CCCC(N)C(=O)OC(C)(C)C. The summed E-state index contributed by atoms with van der Waals surface area (Å²) in [6, 6.07) is -0.530. The zero-order chi connectivity index (χ0) is 10.5. The van der Waals surface area contributed by atoms with Crippen LogP contribution in [0.2, 0.25) is 0 Å². The summed E-state index contributed by atoms with van der Waals surface area (Å²) in [4.78, 5) is 11.3. The average Bonchev–Trinajstić information content (AvgIpc) is 1.96. The second-order valence-electron chi connectivity index (χ2n) is 4.01. The fraction of sp³-hybridized carbons (Fsp3) is 0.700. The standard InChI is InChI=1S/C10H19NO2/c1-5-6-7-8(11)9(12)13-10(2,3)4/h5,8H,1,6-7,11H2,2-4H3. The number of hydrogen-bond acceptors (Lipinski definition) is 3. The molecule has 0 aliphatic rings. The van der Waals surface area contributed by atoms with E-state index in [-0.39, 0.29) is 5.97 Å². The molecule has 3 heteroatoms. The van der Waals surface area contributed by atoms with Crippen molar-refractivity contribution in [3.8, 4) is 0 Å². The molecule has 1 atom stereocenters. The fourth-order valence-electron chi connectivity index (χ4n) is 0.793. The molecule has 1 unspecified atom stereocenters. The first-order valence-electron chi connectivity index (χ1n) is 4.46. The Kier molecular flexibility index (Phi) is 4.70. The van der Waals surface area contributed by atoms with E-state index >= 15 is 0 Å². The van der Waals surface area contributed by atoms with Crippen LogP contribution in [0.1, 0.15) is 33.6 Å². The fourth-order valence-corrected chi connectivity index (χ4v) is 0.793. The second-order valence-corrected chi connectivity index (χ2v) is 4.01. The van der Waals surface area contributed by atoms with E-state index in [2.05, 4.69) is 6.58 Å². The third-order valence-corrected chi connectivity index (χ3v) is 1.39. The zero-order valence-electron chi connectivity index (χ0n) is 8.67. The van der Waals surface area contributed by atoms with Crippen LogP contribution in [0.15, 0.2) is 12.7 Å². The lowest BCUT2D eigenvalue weighted by atomic mass is 10.1. The highest BCUT2D eigenvalue weighted by atomic mass is 16.6. The maximum atomic E-state index is 11.3. The van der Waals surface area contributed by atoms with Gasteiger partial charge in [-0.25, -0.2) is 0 Å². The Morgan fingerprint density at radius 2 is 2.15 bits per heavy atom. The smallest absolute Gasteiger partial charge is 0.323 e. The third kappa shape index (κ3) is 6.34. The number of esters is 1. The van der Waals surface area contributed by atoms with Gasteiger partial charge in [-0.05, 0) is 33.6 Å². The van der Waals surface area contributed by atoms with Crippen molar-refractivity contribution in [3.05, 3.63) is 12.7 Å². The molecular formula is C10H19NO2. The molecule has 2 N–H and O–H groups in total. The van der Waals surface area contributed by atoms with Crippen molar-refractivity contribution in [2.24, 2.45) is 5.73 Å². The van der Waals surface area contributed by atoms with Gasteiger partial charge in [0.15, 0.2) is 0 Å². The minimum Gasteiger partial charge on any atom is -0.459 e. The molecule has 0 heterocycles. The average molecular weight is 185 g/mol. The van der Waals surface area contributed by atoms with Crippen molar-refractivity contribution in [2.45, 2.75) is 45.3 Å². The van der Waals surface area contributed by atoms with Gasteiger partial charge in [-0.1, -0.05) is 6.08 Å². The number of rotatable bonds is 4. The first-order valence-corrected chi connectivity index (χ1v) is 4.46. The monoisotopic (exact) mass is 185 g/mol. The highest BCUT2D eigenvalue weighted by Gasteiger charge is 2.21. The van der Waals surface area contributed by atoms with Gasteiger partial charge >= 0.3 is 5.97 Å². The van der Waals surface area contributed by atoms with Gasteiger partial charge in [0.2, 0.25) is 0 Å². The predicted molar refractivity (Wildman–Crippen MR) is 53.3 cm³/mol. The lowest BCUT2D eigenvalue weighted by Crippen LogP contribution is -2.37. The van der Waals surface area contributed by atoms with Crippen molar-refractivity contribution in [3.63, 3.8) is 0 Å². The molecule has 76 valence electrons. The van der Waals surface area contributed by atoms with Crippen LogP contribution in [0.25, 0.3) is 0 Å². The van der Waals surface area contributed by atoms with E-state index in [4.69, 9.17) is 10.5 Å². The van der Waals surface area contributed by atoms with E-state index < -0.39 is 11.6 Å². The summed E-state index contributed by atoms with van der Waals surface area (Å²) < 4.78 is 5.10. The molecular weight excluding hydrogens is 166 g/mol. The molecule has 0 saturated heterocycles. The van der Waals surface area contributed by atoms with Gasteiger partial charge in [0.05, 0.1) is 0 Å². The summed E-state index contributed by atoms with van der Waals surface area (Å²) in [5, 5.41) is 0. The number of nitrogens with two attached hydrogens (primary N) is 1. The summed E-state index contributed by atoms with van der Waals surface area (Å²) >= 11 is 0. The topological polar surface area (TPSA) is 52.3 Å². The van der Waals surface area contributed by atoms with E-state index in [1.54, 1.807) is 6.08 Å². The highest BCUT2D eigenvalue weighted by molar-refractivity contribution is 5.75. The number of hydrogen-bond donors (Lipinski definition) is 1. The van der Waals surface area contributed by atoms with Crippen molar-refractivity contribution >= 4 is 5.97 Å². The quantitative estimate of drug-likeness (QED) is 0.535. The van der Waals surface area contributed by atoms with Crippen molar-refractivity contribution in [2.75, 3.05) is 0 Å². The van der Waals surface area contributed by atoms with Crippen LogP contribution >= 0.6 is 0 Å². The van der Waals surface area contributed by atoms with Gasteiger partial charge in [0.1, 0.15) is 11.6 Å². The van der Waals surface area contributed by atoms with E-state index in [1.807, 2.05) is 20.8 Å². The van der Waals surface area contributed by atoms with E-state index in [0.717, 1.165) is 6.42 Å². The van der Waals surface area contributed by atoms with Crippen LogP contribution in [-0.4, -0.2) is 17.6 Å². The molecule has 0 aromatic carbocycles. The Balaban J connectivity index is 3.89. The van der Waals surface area contributed by atoms with E-state index in [1.165, 1.54) is 0 Å². The molecule has 0 rings (SSSR count). The number of carbonyl (C=O) groups is 1. The van der Waals surface area contributed by atoms with E-state index in [9.17, 15) is 4.79 Å². The van der Waals surface area contributed by atoms with Crippen molar-refractivity contribution in [1.29, 1.82) is 0 Å². The maximum absolute atomic E-state index is 11.3. The minimum absolute atomic E-state index is 0.339. The van der Waals surface area contributed by atoms with Gasteiger partial charge in [0.25, 0.3) is 0 Å². The first-order chi connectivity index (χ1) is 5.87. The Morgan fingerprint density at radius 3 is 2.54 bits per heavy atom. The van der Waals surface area contributed by atoms with Crippen molar-refractivity contribution in [1.82, 2.24) is 0 Å². The van der Waals surface area contributed by atoms with Gasteiger partial charge in [0, 0.05) is 0 Å². The zero-order valence-corrected chi connectivity index (χ0v) is 8.67. The lowest BCUT2D eigenvalue weighted by Gasteiger charge is -2.21. The van der Waals surface area contributed by atoms with Gasteiger partial charge in [-0.2, -0.15) is 0 Å². The largest absolute Gasteiger partial charge is 0.459 e. The molecule has 0 amide bonds.